The van der Waals surface area contributed by atoms with Crippen molar-refractivity contribution >= 4 is 27.8 Å². The van der Waals surface area contributed by atoms with E-state index >= 15 is 0 Å². The van der Waals surface area contributed by atoms with Crippen LogP contribution in [-0.2, 0) is 0 Å². The minimum absolute atomic E-state index is 0.886. The van der Waals surface area contributed by atoms with Crippen LogP contribution < -0.4 is 9.64 Å². The molecule has 2 nitrogen and oxygen atoms in total. The van der Waals surface area contributed by atoms with Crippen molar-refractivity contribution in [1.29, 1.82) is 0 Å². The van der Waals surface area contributed by atoms with E-state index in [1.54, 1.807) is 7.11 Å². The molecule has 0 spiro atoms. The zero-order chi connectivity index (χ0) is 21.9. The van der Waals surface area contributed by atoms with Crippen LogP contribution in [0.5, 0.6) is 5.75 Å². The van der Waals surface area contributed by atoms with Gasteiger partial charge in [0, 0.05) is 22.3 Å². The van der Waals surface area contributed by atoms with E-state index in [0.717, 1.165) is 33.9 Å². The van der Waals surface area contributed by atoms with Crippen LogP contribution in [0.3, 0.4) is 0 Å². The average Bonchev–Trinajstić information content (AvgIpc) is 2.85. The Labute approximate surface area is 189 Å². The summed E-state index contributed by atoms with van der Waals surface area (Å²) in [7, 11) is 1.74. The quantitative estimate of drug-likeness (QED) is 0.286. The summed E-state index contributed by atoms with van der Waals surface area (Å²) in [5.41, 5.74) is 6.85. The summed E-state index contributed by atoms with van der Waals surface area (Å²) in [6, 6.07) is 40.4. The van der Waals surface area contributed by atoms with E-state index < -0.39 is 0 Å². The highest BCUT2D eigenvalue weighted by Crippen LogP contribution is 2.43. The van der Waals surface area contributed by atoms with Gasteiger partial charge in [-0.25, -0.2) is 0 Å². The Morgan fingerprint density at radius 1 is 0.625 bits per heavy atom. The van der Waals surface area contributed by atoms with Crippen LogP contribution >= 0.6 is 0 Å². The number of hydrogen-bond acceptors (Lipinski definition) is 2. The summed E-state index contributed by atoms with van der Waals surface area (Å²) in [6.45, 7) is 2.14. The zero-order valence-corrected chi connectivity index (χ0v) is 18.3. The van der Waals surface area contributed by atoms with E-state index in [1.165, 1.54) is 16.3 Å². The highest BCUT2D eigenvalue weighted by Gasteiger charge is 2.18. The van der Waals surface area contributed by atoms with Crippen molar-refractivity contribution in [3.63, 3.8) is 0 Å². The fraction of sp³-hybridized carbons (Fsp3) is 0.0667. The Hall–Kier alpha value is -4.04. The second kappa shape index (κ2) is 8.60. The largest absolute Gasteiger partial charge is 0.496 e. The van der Waals surface area contributed by atoms with Crippen molar-refractivity contribution in [1.82, 2.24) is 0 Å². The van der Waals surface area contributed by atoms with Crippen LogP contribution in [0.1, 0.15) is 5.56 Å². The standard InChI is InChI=1S/C30H25NO/c1-22-12-11-19-29(32-2)30(22)24-20-23-13-9-10-18-27(23)28(21-24)31(25-14-5-3-6-15-25)26-16-7-4-8-17-26/h3-21H,1-2H3. The molecule has 0 N–H and O–H groups in total. The first-order chi connectivity index (χ1) is 15.8. The lowest BCUT2D eigenvalue weighted by molar-refractivity contribution is 0.416. The zero-order valence-electron chi connectivity index (χ0n) is 18.3. The molecule has 0 bridgehead atoms. The molecule has 156 valence electrons. The smallest absolute Gasteiger partial charge is 0.126 e. The fourth-order valence-corrected chi connectivity index (χ4v) is 4.38. The van der Waals surface area contributed by atoms with Gasteiger partial charge in [-0.1, -0.05) is 72.8 Å². The predicted molar refractivity (Wildman–Crippen MR) is 135 cm³/mol. The van der Waals surface area contributed by atoms with Crippen LogP contribution in [-0.4, -0.2) is 7.11 Å². The average molecular weight is 416 g/mol. The lowest BCUT2D eigenvalue weighted by Gasteiger charge is -2.28. The lowest BCUT2D eigenvalue weighted by Crippen LogP contribution is -2.10. The molecule has 2 heteroatoms. The highest BCUT2D eigenvalue weighted by atomic mass is 16.5. The van der Waals surface area contributed by atoms with Gasteiger partial charge in [-0.15, -0.1) is 0 Å². The van der Waals surface area contributed by atoms with E-state index in [4.69, 9.17) is 4.74 Å². The van der Waals surface area contributed by atoms with E-state index in [1.807, 2.05) is 12.1 Å². The number of aryl methyl sites for hydroxylation is 1. The van der Waals surface area contributed by atoms with Crippen LogP contribution in [0.4, 0.5) is 17.1 Å². The van der Waals surface area contributed by atoms with Crippen molar-refractivity contribution in [3.8, 4) is 16.9 Å². The van der Waals surface area contributed by atoms with Crippen molar-refractivity contribution in [3.05, 3.63) is 121 Å². The second-order valence-electron chi connectivity index (χ2n) is 7.88. The van der Waals surface area contributed by atoms with Crippen LogP contribution in [0.25, 0.3) is 21.9 Å². The summed E-state index contributed by atoms with van der Waals surface area (Å²) >= 11 is 0. The summed E-state index contributed by atoms with van der Waals surface area (Å²) in [5.74, 6) is 0.886. The monoisotopic (exact) mass is 415 g/mol. The maximum Gasteiger partial charge on any atom is 0.126 e. The van der Waals surface area contributed by atoms with Gasteiger partial charge in [-0.3, -0.25) is 0 Å². The van der Waals surface area contributed by atoms with E-state index in [9.17, 15) is 0 Å². The Balaban J connectivity index is 1.83. The molecule has 5 aromatic carbocycles. The summed E-state index contributed by atoms with van der Waals surface area (Å²) in [6.07, 6.45) is 0. The van der Waals surface area contributed by atoms with Gasteiger partial charge in [0.05, 0.1) is 12.8 Å². The molecule has 0 saturated heterocycles. The summed E-state index contributed by atoms with van der Waals surface area (Å²) in [4.78, 5) is 2.33. The maximum atomic E-state index is 5.75. The molecule has 0 fully saturated rings. The molecule has 0 saturated carbocycles. The van der Waals surface area contributed by atoms with Crippen LogP contribution in [0.2, 0.25) is 0 Å². The maximum absolute atomic E-state index is 5.75. The molecular formula is C30H25NO. The third-order valence-corrected chi connectivity index (χ3v) is 5.85. The molecule has 0 aliphatic carbocycles. The van der Waals surface area contributed by atoms with Gasteiger partial charge in [-0.05, 0) is 65.9 Å². The molecule has 0 heterocycles. The molecule has 0 aromatic heterocycles. The van der Waals surface area contributed by atoms with E-state index in [2.05, 4.69) is 115 Å². The van der Waals surface area contributed by atoms with Crippen molar-refractivity contribution < 1.29 is 4.74 Å². The Morgan fingerprint density at radius 2 is 1.25 bits per heavy atom. The van der Waals surface area contributed by atoms with Gasteiger partial charge in [0.2, 0.25) is 0 Å². The fourth-order valence-electron chi connectivity index (χ4n) is 4.38. The molecule has 0 atom stereocenters. The number of rotatable bonds is 5. The molecule has 5 aromatic rings. The number of methoxy groups -OCH3 is 1. The molecule has 32 heavy (non-hydrogen) atoms. The summed E-state index contributed by atoms with van der Waals surface area (Å²) < 4.78 is 5.75. The number of benzene rings is 5. The van der Waals surface area contributed by atoms with Gasteiger partial charge >= 0.3 is 0 Å². The Morgan fingerprint density at radius 3 is 1.91 bits per heavy atom. The Kier molecular flexibility index (Phi) is 5.35. The minimum Gasteiger partial charge on any atom is -0.496 e. The number of fused-ring (bicyclic) bond motifs is 1. The van der Waals surface area contributed by atoms with Gasteiger partial charge in [-0.2, -0.15) is 0 Å². The van der Waals surface area contributed by atoms with Gasteiger partial charge in [0.25, 0.3) is 0 Å². The number of anilines is 3. The van der Waals surface area contributed by atoms with Gasteiger partial charge < -0.3 is 9.64 Å². The SMILES string of the molecule is COc1cccc(C)c1-c1cc(N(c2ccccc2)c2ccccc2)c2ccccc2c1. The lowest BCUT2D eigenvalue weighted by atomic mass is 9.95. The van der Waals surface area contributed by atoms with Gasteiger partial charge in [0.15, 0.2) is 0 Å². The third-order valence-electron chi connectivity index (χ3n) is 5.85. The first-order valence-electron chi connectivity index (χ1n) is 10.8. The second-order valence-corrected chi connectivity index (χ2v) is 7.88. The van der Waals surface area contributed by atoms with Gasteiger partial charge in [0.1, 0.15) is 5.75 Å². The first-order valence-corrected chi connectivity index (χ1v) is 10.8. The topological polar surface area (TPSA) is 12.5 Å². The molecule has 5 rings (SSSR count). The molecule has 0 aliphatic heterocycles. The number of nitrogens with zero attached hydrogens (tertiary/aromatic N) is 1. The number of para-hydroxylation sites is 2. The predicted octanol–water partition coefficient (Wildman–Crippen LogP) is 8.29. The van der Waals surface area contributed by atoms with Crippen LogP contribution in [0.15, 0.2) is 115 Å². The Bertz CT molecular complexity index is 1320. The summed E-state index contributed by atoms with van der Waals surface area (Å²) in [5, 5.41) is 2.40. The number of hydrogen-bond donors (Lipinski definition) is 0. The molecule has 0 amide bonds. The molecule has 0 unspecified atom stereocenters. The highest BCUT2D eigenvalue weighted by molar-refractivity contribution is 6.02. The van der Waals surface area contributed by atoms with Crippen molar-refractivity contribution in [2.24, 2.45) is 0 Å². The van der Waals surface area contributed by atoms with Crippen molar-refractivity contribution in [2.75, 3.05) is 12.0 Å². The molecule has 0 aliphatic rings. The number of ether oxygens (including phenoxy) is 1. The van der Waals surface area contributed by atoms with Crippen molar-refractivity contribution in [2.45, 2.75) is 6.92 Å². The van der Waals surface area contributed by atoms with E-state index in [0.29, 0.717) is 0 Å². The normalized spacial score (nSPS) is 10.8. The van der Waals surface area contributed by atoms with E-state index in [-0.39, 0.29) is 0 Å². The minimum atomic E-state index is 0.886. The van der Waals surface area contributed by atoms with Crippen LogP contribution in [0, 0.1) is 6.92 Å². The molecular weight excluding hydrogens is 390 g/mol. The molecule has 0 radical (unpaired) electrons. The third kappa shape index (κ3) is 3.61. The first kappa shape index (κ1) is 19.9.